The summed E-state index contributed by atoms with van der Waals surface area (Å²) in [5, 5.41) is 10.7. The monoisotopic (exact) mass is 701 g/mol. The van der Waals surface area contributed by atoms with E-state index in [0.717, 1.165) is 75.9 Å². The van der Waals surface area contributed by atoms with E-state index in [1.165, 1.54) is 5.57 Å². The molecule has 0 amide bonds. The maximum absolute atomic E-state index is 12.3. The molecule has 3 aliphatic heterocycles. The van der Waals surface area contributed by atoms with Crippen LogP contribution in [0.5, 0.6) is 11.5 Å². The molecule has 3 aromatic rings. The number of nitrogens with zero attached hydrogens (tertiary/aromatic N) is 4. The number of unbranched alkanes of at least 4 members (excludes halogenated alkanes) is 2. The number of carboxylic acid groups (broad SMARTS) is 1. The van der Waals surface area contributed by atoms with E-state index in [4.69, 9.17) is 14.8 Å². The van der Waals surface area contributed by atoms with Gasteiger partial charge in [0.25, 0.3) is 10.1 Å². The molecule has 0 radical (unpaired) electrons. The van der Waals surface area contributed by atoms with Gasteiger partial charge in [-0.1, -0.05) is 19.4 Å². The molecule has 1 aromatic heterocycles. The van der Waals surface area contributed by atoms with E-state index in [0.29, 0.717) is 30.8 Å². The van der Waals surface area contributed by atoms with Gasteiger partial charge in [0.05, 0.1) is 17.2 Å². The van der Waals surface area contributed by atoms with Crippen molar-refractivity contribution in [3.63, 3.8) is 0 Å². The Kier molecular flexibility index (Phi) is 9.37. The first-order valence-electron chi connectivity index (χ1n) is 17.7. The highest BCUT2D eigenvalue weighted by Crippen LogP contribution is 2.47. The van der Waals surface area contributed by atoms with Gasteiger partial charge in [-0.15, -0.1) is 0 Å². The Morgan fingerprint density at radius 1 is 0.940 bits per heavy atom. The molecule has 6 rings (SSSR count). The van der Waals surface area contributed by atoms with Crippen LogP contribution in [-0.2, 0) is 21.5 Å². The van der Waals surface area contributed by atoms with Gasteiger partial charge in [0.15, 0.2) is 5.54 Å². The van der Waals surface area contributed by atoms with Crippen LogP contribution in [0.15, 0.2) is 48.8 Å². The lowest BCUT2D eigenvalue weighted by Gasteiger charge is -2.43. The molecule has 4 heterocycles. The second-order valence-corrected chi connectivity index (χ2v) is 16.0. The second kappa shape index (κ2) is 13.2. The van der Waals surface area contributed by atoms with Gasteiger partial charge in [0.1, 0.15) is 29.6 Å². The van der Waals surface area contributed by atoms with Crippen molar-refractivity contribution < 1.29 is 27.6 Å². The summed E-state index contributed by atoms with van der Waals surface area (Å²) in [6.45, 7) is 17.1. The van der Waals surface area contributed by atoms with Crippen molar-refractivity contribution in [3.05, 3.63) is 81.9 Å². The Morgan fingerprint density at radius 3 is 2.36 bits per heavy atom. The van der Waals surface area contributed by atoms with Crippen molar-refractivity contribution in [3.8, 4) is 11.5 Å². The summed E-state index contributed by atoms with van der Waals surface area (Å²) in [5.41, 5.74) is 5.87. The van der Waals surface area contributed by atoms with E-state index >= 15 is 0 Å². The number of benzene rings is 2. The summed E-state index contributed by atoms with van der Waals surface area (Å²) in [6.07, 6.45) is 11.2. The summed E-state index contributed by atoms with van der Waals surface area (Å²) in [4.78, 5) is 18.4. The van der Waals surface area contributed by atoms with Gasteiger partial charge in [-0.25, -0.2) is 9.56 Å². The predicted molar refractivity (Wildman–Crippen MR) is 198 cm³/mol. The molecule has 50 heavy (non-hydrogen) atoms. The Labute approximate surface area is 294 Å². The minimum atomic E-state index is -4.32. The van der Waals surface area contributed by atoms with Gasteiger partial charge in [-0.3, -0.25) is 9.35 Å². The van der Waals surface area contributed by atoms with Gasteiger partial charge < -0.3 is 19.3 Å². The second-order valence-electron chi connectivity index (χ2n) is 14.6. The third-order valence-corrected chi connectivity index (χ3v) is 10.9. The molecule has 0 aliphatic carbocycles. The van der Waals surface area contributed by atoms with Crippen molar-refractivity contribution in [2.75, 3.05) is 23.7 Å². The van der Waals surface area contributed by atoms with E-state index < -0.39 is 27.4 Å². The van der Waals surface area contributed by atoms with Crippen molar-refractivity contribution >= 4 is 38.5 Å². The van der Waals surface area contributed by atoms with E-state index in [1.807, 2.05) is 38.3 Å². The van der Waals surface area contributed by atoms with Crippen LogP contribution in [0.2, 0.25) is 0 Å². The molecule has 3 aliphatic rings. The fourth-order valence-corrected chi connectivity index (χ4v) is 8.80. The number of aryl methyl sites for hydroxylation is 1. The van der Waals surface area contributed by atoms with Crippen LogP contribution in [0.25, 0.3) is 16.7 Å². The third kappa shape index (κ3) is 6.53. The number of allylic oxidation sites excluding steroid dienone is 1. The highest BCUT2D eigenvalue weighted by Gasteiger charge is 2.38. The Bertz CT molecular complexity index is 2170. The zero-order valence-electron chi connectivity index (χ0n) is 30.2. The number of fused-ring (bicyclic) bond motifs is 4. The number of imidazole rings is 1. The average Bonchev–Trinajstić information content (AvgIpc) is 3.48. The predicted octanol–water partition coefficient (Wildman–Crippen LogP) is 5.87. The molecule has 0 unspecified atom stereocenters. The van der Waals surface area contributed by atoms with E-state index in [9.17, 15) is 17.8 Å². The fourth-order valence-electron chi connectivity index (χ4n) is 8.17. The lowest BCUT2D eigenvalue weighted by atomic mass is 9.84. The first-order valence-corrected chi connectivity index (χ1v) is 19.3. The molecule has 266 valence electrons. The van der Waals surface area contributed by atoms with Crippen molar-refractivity contribution in [1.29, 1.82) is 0 Å². The Morgan fingerprint density at radius 2 is 1.70 bits per heavy atom. The number of carboxylic acids is 1. The van der Waals surface area contributed by atoms with Crippen molar-refractivity contribution in [2.45, 2.75) is 98.2 Å². The van der Waals surface area contributed by atoms with E-state index in [1.54, 1.807) is 6.20 Å². The molecule has 2 N–H and O–H groups in total. The molecule has 0 spiro atoms. The standard InChI is InChI=1S/C39H48N4O6S/c1-8-25-22-38(4,5)42(9-2)31-20-33-29(18-27(25)31)36(37-40-15-17-41(37)16-13-11-12-14-35(44)45)30-19-28-26(24-50(46,47)48)23-39(6,7)43(10-3)32(28)21-34(30)49-33/h15,17-23H,8-14,16,24H2,1-7H3,(H-,44,45,46,47,48)/p+1. The highest BCUT2D eigenvalue weighted by atomic mass is 32.2. The summed E-state index contributed by atoms with van der Waals surface area (Å²) in [7, 11) is -4.32. The molecule has 0 saturated carbocycles. The number of carbonyl (C=O) groups is 1. The number of anilines is 1. The van der Waals surface area contributed by atoms with Crippen LogP contribution in [0.4, 0.5) is 5.69 Å². The largest absolute Gasteiger partial charge is 0.481 e. The number of aliphatic carboxylic acids is 1. The quantitative estimate of drug-likeness (QED) is 0.107. The highest BCUT2D eigenvalue weighted by molar-refractivity contribution is 7.86. The zero-order chi connectivity index (χ0) is 36.2. The molecular formula is C39H49N4O6S+. The Balaban J connectivity index is 1.65. The van der Waals surface area contributed by atoms with Gasteiger partial charge in [-0.2, -0.15) is 8.42 Å². The van der Waals surface area contributed by atoms with Crippen LogP contribution in [0.3, 0.4) is 0 Å². The van der Waals surface area contributed by atoms with Crippen LogP contribution in [0, 0.1) is 0 Å². The first kappa shape index (κ1) is 35.6. The smallest absolute Gasteiger partial charge is 0.303 e. The molecule has 10 nitrogen and oxygen atoms in total. The number of ether oxygens (including phenoxy) is 1. The molecule has 11 heteroatoms. The molecule has 0 fully saturated rings. The lowest BCUT2D eigenvalue weighted by Crippen LogP contribution is -2.50. The fraction of sp³-hybridized carbons (Fsp3) is 0.462. The normalized spacial score (nSPS) is 17.2. The molecule has 0 bridgehead atoms. The number of aromatic nitrogens is 2. The maximum Gasteiger partial charge on any atom is 0.303 e. The summed E-state index contributed by atoms with van der Waals surface area (Å²) in [5.74, 6) is 0.833. The van der Waals surface area contributed by atoms with Crippen LogP contribution in [-0.4, -0.2) is 63.5 Å². The summed E-state index contributed by atoms with van der Waals surface area (Å²) >= 11 is 0. The van der Waals surface area contributed by atoms with Crippen molar-refractivity contribution in [2.24, 2.45) is 0 Å². The first-order chi connectivity index (χ1) is 23.6. The Hall–Kier alpha value is -4.22. The average molecular weight is 702 g/mol. The van der Waals surface area contributed by atoms with E-state index in [-0.39, 0.29) is 12.0 Å². The third-order valence-electron chi connectivity index (χ3n) is 10.3. The van der Waals surface area contributed by atoms with E-state index in [2.05, 4.69) is 66.9 Å². The summed E-state index contributed by atoms with van der Waals surface area (Å²) < 4.78 is 45.8. The zero-order valence-corrected chi connectivity index (χ0v) is 31.0. The molecular weight excluding hydrogens is 653 g/mol. The minimum absolute atomic E-state index is 0.145. The minimum Gasteiger partial charge on any atom is -0.481 e. The van der Waals surface area contributed by atoms with Gasteiger partial charge in [0.2, 0.25) is 5.36 Å². The molecule has 2 aromatic carbocycles. The van der Waals surface area contributed by atoms with Crippen LogP contribution in [0.1, 0.15) is 103 Å². The molecule has 0 saturated heterocycles. The number of rotatable bonds is 12. The topological polar surface area (TPSA) is 125 Å². The number of hydrogen-bond donors (Lipinski definition) is 2. The van der Waals surface area contributed by atoms with Crippen molar-refractivity contribution in [1.82, 2.24) is 14.1 Å². The SMILES string of the molecule is CCC1=CC(C)(C)N(CC)c2cc3c(cc21)C(c1nccn1CCCCCC(=O)O)=c1cc2c(cc1O3)=[N+](CC)C(C)(C)C=C2CS(=O)(=O)O. The number of likely N-dealkylation sites (N-methyl/N-ethyl adjacent to an activating group) is 2. The summed E-state index contributed by atoms with van der Waals surface area (Å²) in [6, 6.07) is 8.39. The number of hydrogen-bond acceptors (Lipinski definition) is 6. The molecule has 0 atom stereocenters. The lowest BCUT2D eigenvalue weighted by molar-refractivity contribution is -0.137. The van der Waals surface area contributed by atoms with Gasteiger partial charge in [-0.05, 0) is 76.3 Å². The van der Waals surface area contributed by atoms with Gasteiger partial charge in [0, 0.05) is 79.4 Å². The van der Waals surface area contributed by atoms with Crippen LogP contribution < -0.4 is 24.8 Å². The maximum atomic E-state index is 12.3. The van der Waals surface area contributed by atoms with Gasteiger partial charge >= 0.3 is 5.97 Å². The van der Waals surface area contributed by atoms with Crippen LogP contribution >= 0.6 is 0 Å².